The minimum Gasteiger partial charge on any atom is -0.335 e. The fraction of sp³-hybridized carbons (Fsp3) is 0.0588. The van der Waals surface area contributed by atoms with Crippen LogP contribution in [0.25, 0.3) is 0 Å². The fourth-order valence-corrected chi connectivity index (χ4v) is 2.15. The molecule has 1 heterocycles. The molecule has 0 atom stereocenters. The van der Waals surface area contributed by atoms with E-state index < -0.39 is 23.3 Å². The van der Waals surface area contributed by atoms with Gasteiger partial charge in [0.25, 0.3) is 0 Å². The number of benzene rings is 2. The fourth-order valence-electron chi connectivity index (χ4n) is 2.15. The summed E-state index contributed by atoms with van der Waals surface area (Å²) in [6.07, 6.45) is 0. The molecule has 3 aromatic rings. The van der Waals surface area contributed by atoms with Crippen molar-refractivity contribution in [2.45, 2.75) is 6.92 Å². The average Bonchev–Trinajstić information content (AvgIpc) is 2.53. The Kier molecular flexibility index (Phi) is 4.51. The van der Waals surface area contributed by atoms with Crippen molar-refractivity contribution in [1.82, 2.24) is 9.97 Å². The maximum absolute atomic E-state index is 13.7. The van der Waals surface area contributed by atoms with Crippen molar-refractivity contribution in [2.75, 3.05) is 10.6 Å². The monoisotopic (exact) mass is 348 g/mol. The van der Waals surface area contributed by atoms with Gasteiger partial charge in [-0.1, -0.05) is 6.07 Å². The van der Waals surface area contributed by atoms with Gasteiger partial charge >= 0.3 is 0 Å². The molecule has 0 aliphatic carbocycles. The van der Waals surface area contributed by atoms with Crippen molar-refractivity contribution in [3.05, 3.63) is 71.4 Å². The Labute approximate surface area is 140 Å². The van der Waals surface area contributed by atoms with E-state index in [4.69, 9.17) is 0 Å². The third kappa shape index (κ3) is 3.85. The number of para-hydroxylation sites is 1. The van der Waals surface area contributed by atoms with Gasteiger partial charge in [-0.25, -0.2) is 22.5 Å². The highest BCUT2D eigenvalue weighted by Gasteiger charge is 2.11. The number of nitrogens with one attached hydrogen (secondary N) is 2. The Hall–Kier alpha value is -3.16. The van der Waals surface area contributed by atoms with Crippen LogP contribution in [-0.2, 0) is 0 Å². The molecule has 4 nitrogen and oxygen atoms in total. The van der Waals surface area contributed by atoms with Gasteiger partial charge in [0.2, 0.25) is 5.95 Å². The molecule has 8 heteroatoms. The van der Waals surface area contributed by atoms with E-state index in [1.165, 1.54) is 18.2 Å². The van der Waals surface area contributed by atoms with Crippen molar-refractivity contribution in [1.29, 1.82) is 0 Å². The number of hydrogen-bond donors (Lipinski definition) is 2. The van der Waals surface area contributed by atoms with Crippen LogP contribution in [-0.4, -0.2) is 9.97 Å². The van der Waals surface area contributed by atoms with Crippen LogP contribution in [0.3, 0.4) is 0 Å². The van der Waals surface area contributed by atoms with Crippen LogP contribution in [0.5, 0.6) is 0 Å². The summed E-state index contributed by atoms with van der Waals surface area (Å²) in [6, 6.07) is 7.91. The van der Waals surface area contributed by atoms with Crippen molar-refractivity contribution < 1.29 is 17.6 Å². The maximum atomic E-state index is 13.7. The number of anilines is 4. The molecule has 2 aromatic carbocycles. The van der Waals surface area contributed by atoms with E-state index >= 15 is 0 Å². The van der Waals surface area contributed by atoms with Gasteiger partial charge in [-0.2, -0.15) is 4.98 Å². The lowest BCUT2D eigenvalue weighted by molar-refractivity contribution is 0.586. The van der Waals surface area contributed by atoms with E-state index in [-0.39, 0.29) is 23.1 Å². The van der Waals surface area contributed by atoms with Crippen molar-refractivity contribution in [3.63, 3.8) is 0 Å². The molecule has 2 N–H and O–H groups in total. The Morgan fingerprint density at radius 2 is 1.52 bits per heavy atom. The minimum atomic E-state index is -0.820. The number of halogens is 4. The van der Waals surface area contributed by atoms with Gasteiger partial charge < -0.3 is 10.6 Å². The molecule has 0 fully saturated rings. The molecule has 1 aromatic heterocycles. The third-order valence-corrected chi connectivity index (χ3v) is 3.25. The highest BCUT2D eigenvalue weighted by atomic mass is 19.1. The molecule has 0 bridgehead atoms. The largest absolute Gasteiger partial charge is 0.335 e. The highest BCUT2D eigenvalue weighted by Crippen LogP contribution is 2.24. The van der Waals surface area contributed by atoms with Gasteiger partial charge in [0.15, 0.2) is 0 Å². The summed E-state index contributed by atoms with van der Waals surface area (Å²) >= 11 is 0. The zero-order valence-electron chi connectivity index (χ0n) is 12.9. The standard InChI is InChI=1S/C17H12F4N4/c1-9-7-15(24-16-11(19)3-2-4-12(16)20)25-17(22-9)23-14-6-5-10(18)8-13(14)21/h2-8H,1H3,(H2,22,23,24,25). The van der Waals surface area contributed by atoms with Gasteiger partial charge in [-0.3, -0.25) is 0 Å². The van der Waals surface area contributed by atoms with Crippen LogP contribution < -0.4 is 10.6 Å². The molecular weight excluding hydrogens is 336 g/mol. The van der Waals surface area contributed by atoms with Gasteiger partial charge in [-0.15, -0.1) is 0 Å². The van der Waals surface area contributed by atoms with E-state index in [0.29, 0.717) is 11.8 Å². The summed E-state index contributed by atoms with van der Waals surface area (Å²) in [5, 5.41) is 5.14. The number of rotatable bonds is 4. The first-order chi connectivity index (χ1) is 11.9. The van der Waals surface area contributed by atoms with E-state index in [2.05, 4.69) is 20.6 Å². The number of aryl methyl sites for hydroxylation is 1. The second kappa shape index (κ2) is 6.76. The van der Waals surface area contributed by atoms with Crippen LogP contribution in [0, 0.1) is 30.2 Å². The number of hydrogen-bond acceptors (Lipinski definition) is 4. The maximum Gasteiger partial charge on any atom is 0.229 e. The van der Waals surface area contributed by atoms with Crippen LogP contribution in [0.4, 0.5) is 40.7 Å². The molecule has 0 radical (unpaired) electrons. The Morgan fingerprint density at radius 1 is 0.800 bits per heavy atom. The minimum absolute atomic E-state index is 0.00949. The number of aromatic nitrogens is 2. The predicted molar refractivity (Wildman–Crippen MR) is 86.1 cm³/mol. The summed E-state index contributed by atoms with van der Waals surface area (Å²) < 4.78 is 54.1. The zero-order valence-corrected chi connectivity index (χ0v) is 12.9. The average molecular weight is 348 g/mol. The lowest BCUT2D eigenvalue weighted by Crippen LogP contribution is -2.05. The van der Waals surface area contributed by atoms with Crippen molar-refractivity contribution in [2.24, 2.45) is 0 Å². The van der Waals surface area contributed by atoms with Crippen LogP contribution in [0.2, 0.25) is 0 Å². The second-order valence-electron chi connectivity index (χ2n) is 5.19. The molecule has 0 unspecified atom stereocenters. The number of nitrogens with zero attached hydrogens (tertiary/aromatic N) is 2. The highest BCUT2D eigenvalue weighted by molar-refractivity contribution is 5.61. The first kappa shape index (κ1) is 16.7. The van der Waals surface area contributed by atoms with Crippen LogP contribution >= 0.6 is 0 Å². The molecule has 3 rings (SSSR count). The molecule has 0 saturated heterocycles. The first-order valence-corrected chi connectivity index (χ1v) is 7.21. The summed E-state index contributed by atoms with van der Waals surface area (Å²) in [7, 11) is 0. The van der Waals surface area contributed by atoms with Crippen LogP contribution in [0.15, 0.2) is 42.5 Å². The van der Waals surface area contributed by atoms with Gasteiger partial charge in [-0.05, 0) is 31.2 Å². The normalized spacial score (nSPS) is 10.6. The second-order valence-corrected chi connectivity index (χ2v) is 5.19. The molecule has 25 heavy (non-hydrogen) atoms. The zero-order chi connectivity index (χ0) is 18.0. The van der Waals surface area contributed by atoms with E-state index in [1.54, 1.807) is 6.92 Å². The lowest BCUT2D eigenvalue weighted by Gasteiger charge is -2.11. The molecule has 0 aliphatic heterocycles. The van der Waals surface area contributed by atoms with Gasteiger partial charge in [0, 0.05) is 17.8 Å². The van der Waals surface area contributed by atoms with Crippen molar-refractivity contribution in [3.8, 4) is 0 Å². The Balaban J connectivity index is 1.90. The van der Waals surface area contributed by atoms with Crippen molar-refractivity contribution >= 4 is 23.1 Å². The van der Waals surface area contributed by atoms with E-state index in [0.717, 1.165) is 18.2 Å². The third-order valence-electron chi connectivity index (χ3n) is 3.25. The lowest BCUT2D eigenvalue weighted by atomic mass is 10.3. The SMILES string of the molecule is Cc1cc(Nc2c(F)cccc2F)nc(Nc2ccc(F)cc2F)n1. The molecule has 128 valence electrons. The summed E-state index contributed by atoms with van der Waals surface area (Å²) in [4.78, 5) is 8.11. The molecule has 0 aliphatic rings. The first-order valence-electron chi connectivity index (χ1n) is 7.21. The Bertz CT molecular complexity index is 910. The quantitative estimate of drug-likeness (QED) is 0.663. The Morgan fingerprint density at radius 3 is 2.20 bits per heavy atom. The molecule has 0 amide bonds. The van der Waals surface area contributed by atoms with E-state index in [1.807, 2.05) is 0 Å². The topological polar surface area (TPSA) is 49.8 Å². The summed E-state index contributed by atoms with van der Waals surface area (Å²) in [6.45, 7) is 1.64. The van der Waals surface area contributed by atoms with Crippen LogP contribution in [0.1, 0.15) is 5.69 Å². The summed E-state index contributed by atoms with van der Waals surface area (Å²) in [5.41, 5.74) is 0.0776. The molecule has 0 spiro atoms. The predicted octanol–water partition coefficient (Wildman–Crippen LogP) is 4.83. The molecule has 0 saturated carbocycles. The molecular formula is C17H12F4N4. The van der Waals surface area contributed by atoms with Gasteiger partial charge in [0.1, 0.15) is 34.8 Å². The summed E-state index contributed by atoms with van der Waals surface area (Å²) in [5.74, 6) is -3.00. The van der Waals surface area contributed by atoms with Gasteiger partial charge in [0.05, 0.1) is 5.69 Å². The smallest absolute Gasteiger partial charge is 0.229 e. The van der Waals surface area contributed by atoms with E-state index in [9.17, 15) is 17.6 Å².